The number of carbonyl (C=O) groups excluding carboxylic acids is 1. The van der Waals surface area contributed by atoms with Crippen LogP contribution in [-0.4, -0.2) is 37.0 Å². The number of hydrogen-bond acceptors (Lipinski definition) is 2. The first kappa shape index (κ1) is 9.97. The highest BCUT2D eigenvalue weighted by atomic mass is 16.2. The summed E-state index contributed by atoms with van der Waals surface area (Å²) in [7, 11) is 0. The molecule has 0 aromatic rings. The number of piperidine rings is 1. The molecule has 1 amide bonds. The number of likely N-dealkylation sites (tertiary alicyclic amines) is 1. The zero-order valence-corrected chi connectivity index (χ0v) is 8.96. The highest BCUT2D eigenvalue weighted by Crippen LogP contribution is 2.19. The zero-order valence-electron chi connectivity index (χ0n) is 8.96. The van der Waals surface area contributed by atoms with E-state index in [0.717, 1.165) is 32.6 Å². The van der Waals surface area contributed by atoms with Crippen LogP contribution in [0, 0.1) is 11.8 Å². The molecule has 0 spiro atoms. The maximum absolute atomic E-state index is 12.0. The topological polar surface area (TPSA) is 32.3 Å². The van der Waals surface area contributed by atoms with Crippen molar-refractivity contribution in [2.75, 3.05) is 26.2 Å². The lowest BCUT2D eigenvalue weighted by atomic mass is 9.98. The summed E-state index contributed by atoms with van der Waals surface area (Å²) in [6.07, 6.45) is 3.50. The van der Waals surface area contributed by atoms with Gasteiger partial charge in [0.2, 0.25) is 5.91 Å². The van der Waals surface area contributed by atoms with Crippen LogP contribution in [0.5, 0.6) is 0 Å². The molecule has 0 radical (unpaired) electrons. The number of carbonyl (C=O) groups is 1. The van der Waals surface area contributed by atoms with Crippen LogP contribution in [0.3, 0.4) is 0 Å². The fourth-order valence-corrected chi connectivity index (χ4v) is 2.51. The molecule has 0 saturated carbocycles. The molecule has 2 atom stereocenters. The molecule has 14 heavy (non-hydrogen) atoms. The SMILES string of the molecule is C[C@H]1CCCN(C(=O)[C@H]2CCNC2)C1. The van der Waals surface area contributed by atoms with Gasteiger partial charge in [0.05, 0.1) is 5.92 Å². The maximum Gasteiger partial charge on any atom is 0.227 e. The molecule has 2 aliphatic heterocycles. The van der Waals surface area contributed by atoms with Gasteiger partial charge in [0.25, 0.3) is 0 Å². The molecule has 3 heteroatoms. The van der Waals surface area contributed by atoms with E-state index in [1.165, 1.54) is 12.8 Å². The second-order valence-corrected chi connectivity index (χ2v) is 4.72. The number of nitrogens with one attached hydrogen (secondary N) is 1. The smallest absolute Gasteiger partial charge is 0.227 e. The normalized spacial score (nSPS) is 33.4. The van der Waals surface area contributed by atoms with Crippen LogP contribution in [0.2, 0.25) is 0 Å². The van der Waals surface area contributed by atoms with Crippen molar-refractivity contribution < 1.29 is 4.79 Å². The van der Waals surface area contributed by atoms with Crippen LogP contribution >= 0.6 is 0 Å². The van der Waals surface area contributed by atoms with Gasteiger partial charge in [0.15, 0.2) is 0 Å². The van der Waals surface area contributed by atoms with Gasteiger partial charge in [-0.15, -0.1) is 0 Å². The van der Waals surface area contributed by atoms with Gasteiger partial charge in [-0.05, 0) is 31.7 Å². The number of hydrogen-bond donors (Lipinski definition) is 1. The van der Waals surface area contributed by atoms with Gasteiger partial charge in [-0.1, -0.05) is 6.92 Å². The number of nitrogens with zero attached hydrogens (tertiary/aromatic N) is 1. The Bertz CT molecular complexity index is 211. The van der Waals surface area contributed by atoms with Crippen LogP contribution < -0.4 is 5.32 Å². The summed E-state index contributed by atoms with van der Waals surface area (Å²) in [5.41, 5.74) is 0. The Balaban J connectivity index is 1.89. The second-order valence-electron chi connectivity index (χ2n) is 4.72. The molecular formula is C11H20N2O. The molecule has 0 aromatic heterocycles. The van der Waals surface area contributed by atoms with Crippen molar-refractivity contribution in [1.29, 1.82) is 0 Å². The van der Waals surface area contributed by atoms with E-state index < -0.39 is 0 Å². The third-order valence-electron chi connectivity index (χ3n) is 3.38. The summed E-state index contributed by atoms with van der Waals surface area (Å²) in [4.78, 5) is 14.1. The van der Waals surface area contributed by atoms with Crippen molar-refractivity contribution in [3.8, 4) is 0 Å². The van der Waals surface area contributed by atoms with E-state index in [-0.39, 0.29) is 5.92 Å². The highest BCUT2D eigenvalue weighted by molar-refractivity contribution is 5.79. The predicted octanol–water partition coefficient (Wildman–Crippen LogP) is 0.854. The third-order valence-corrected chi connectivity index (χ3v) is 3.38. The minimum Gasteiger partial charge on any atom is -0.342 e. The fraction of sp³-hybridized carbons (Fsp3) is 0.909. The van der Waals surface area contributed by atoms with E-state index in [2.05, 4.69) is 17.1 Å². The van der Waals surface area contributed by atoms with Crippen LogP contribution in [-0.2, 0) is 4.79 Å². The van der Waals surface area contributed by atoms with Crippen molar-refractivity contribution >= 4 is 5.91 Å². The van der Waals surface area contributed by atoms with E-state index >= 15 is 0 Å². The van der Waals surface area contributed by atoms with Crippen LogP contribution in [0.15, 0.2) is 0 Å². The molecule has 0 aromatic carbocycles. The van der Waals surface area contributed by atoms with E-state index in [0.29, 0.717) is 11.8 Å². The van der Waals surface area contributed by atoms with E-state index in [1.54, 1.807) is 0 Å². The maximum atomic E-state index is 12.0. The number of rotatable bonds is 1. The van der Waals surface area contributed by atoms with Gasteiger partial charge in [-0.25, -0.2) is 0 Å². The van der Waals surface area contributed by atoms with Crippen molar-refractivity contribution in [1.82, 2.24) is 10.2 Å². The summed E-state index contributed by atoms with van der Waals surface area (Å²) in [5, 5.41) is 3.26. The summed E-state index contributed by atoms with van der Waals surface area (Å²) >= 11 is 0. The lowest BCUT2D eigenvalue weighted by Gasteiger charge is -2.32. The number of amides is 1. The van der Waals surface area contributed by atoms with Crippen LogP contribution in [0.25, 0.3) is 0 Å². The monoisotopic (exact) mass is 196 g/mol. The Morgan fingerprint density at radius 1 is 1.43 bits per heavy atom. The van der Waals surface area contributed by atoms with Gasteiger partial charge >= 0.3 is 0 Å². The van der Waals surface area contributed by atoms with Gasteiger partial charge in [-0.3, -0.25) is 4.79 Å². The van der Waals surface area contributed by atoms with E-state index in [4.69, 9.17) is 0 Å². The second kappa shape index (κ2) is 4.30. The summed E-state index contributed by atoms with van der Waals surface area (Å²) in [6.45, 7) is 6.12. The van der Waals surface area contributed by atoms with Crippen LogP contribution in [0.4, 0.5) is 0 Å². The molecule has 2 fully saturated rings. The van der Waals surface area contributed by atoms with Crippen molar-refractivity contribution in [2.45, 2.75) is 26.2 Å². The fourth-order valence-electron chi connectivity index (χ4n) is 2.51. The van der Waals surface area contributed by atoms with Gasteiger partial charge in [0, 0.05) is 19.6 Å². The minimum absolute atomic E-state index is 0.264. The molecule has 0 bridgehead atoms. The minimum atomic E-state index is 0.264. The Labute approximate surface area is 85.8 Å². The lowest BCUT2D eigenvalue weighted by molar-refractivity contribution is -0.136. The Kier molecular flexibility index (Phi) is 3.06. The van der Waals surface area contributed by atoms with E-state index in [9.17, 15) is 4.79 Å². The molecule has 1 N–H and O–H groups in total. The Hall–Kier alpha value is -0.570. The van der Waals surface area contributed by atoms with Crippen LogP contribution in [0.1, 0.15) is 26.2 Å². The first-order valence-electron chi connectivity index (χ1n) is 5.77. The van der Waals surface area contributed by atoms with E-state index in [1.807, 2.05) is 0 Å². The molecule has 2 saturated heterocycles. The average molecular weight is 196 g/mol. The molecular weight excluding hydrogens is 176 g/mol. The molecule has 2 heterocycles. The summed E-state index contributed by atoms with van der Waals surface area (Å²) in [6, 6.07) is 0. The summed E-state index contributed by atoms with van der Waals surface area (Å²) < 4.78 is 0. The highest BCUT2D eigenvalue weighted by Gasteiger charge is 2.29. The molecule has 0 aliphatic carbocycles. The predicted molar refractivity (Wildman–Crippen MR) is 56.0 cm³/mol. The molecule has 0 unspecified atom stereocenters. The largest absolute Gasteiger partial charge is 0.342 e. The van der Waals surface area contributed by atoms with Gasteiger partial charge in [0.1, 0.15) is 0 Å². The molecule has 80 valence electrons. The molecule has 3 nitrogen and oxygen atoms in total. The zero-order chi connectivity index (χ0) is 9.97. The van der Waals surface area contributed by atoms with Gasteiger partial charge in [-0.2, -0.15) is 0 Å². The first-order valence-corrected chi connectivity index (χ1v) is 5.77. The lowest BCUT2D eigenvalue weighted by Crippen LogP contribution is -2.42. The Morgan fingerprint density at radius 3 is 2.93 bits per heavy atom. The van der Waals surface area contributed by atoms with Gasteiger partial charge < -0.3 is 10.2 Å². The van der Waals surface area contributed by atoms with Crippen molar-refractivity contribution in [2.24, 2.45) is 11.8 Å². The molecule has 2 rings (SSSR count). The average Bonchev–Trinajstić information content (AvgIpc) is 2.69. The van der Waals surface area contributed by atoms with Crippen molar-refractivity contribution in [3.05, 3.63) is 0 Å². The summed E-state index contributed by atoms with van der Waals surface area (Å²) in [5.74, 6) is 1.35. The Morgan fingerprint density at radius 2 is 2.29 bits per heavy atom. The first-order chi connectivity index (χ1) is 6.77. The molecule has 2 aliphatic rings. The third kappa shape index (κ3) is 2.08. The standard InChI is InChI=1S/C11H20N2O/c1-9-3-2-6-13(8-9)11(14)10-4-5-12-7-10/h9-10,12H,2-8H2,1H3/t9-,10-/m0/s1. The van der Waals surface area contributed by atoms with Crippen molar-refractivity contribution in [3.63, 3.8) is 0 Å². The quantitative estimate of drug-likeness (QED) is 0.674.